The number of carbonyl (C=O) groups excluding carboxylic acids is 1. The van der Waals surface area contributed by atoms with Crippen molar-refractivity contribution < 1.29 is 9.28 Å². The zero-order chi connectivity index (χ0) is 8.04. The Balaban J connectivity index is 3.12. The highest BCUT2D eigenvalue weighted by atomic mass is 16.1. The van der Waals surface area contributed by atoms with Gasteiger partial charge in [0.05, 0.1) is 27.7 Å². The summed E-state index contributed by atoms with van der Waals surface area (Å²) in [6.45, 7) is 1.16. The molecule has 0 saturated carbocycles. The summed E-state index contributed by atoms with van der Waals surface area (Å²) in [7, 11) is 6.50. The number of unbranched alkanes of at least 4 members (excludes halogenated alkanes) is 2. The number of quaternary nitrogens is 1. The van der Waals surface area contributed by atoms with E-state index in [2.05, 4.69) is 21.1 Å². The summed E-state index contributed by atoms with van der Waals surface area (Å²) in [5.74, 6) is 0. The molecule has 10 heavy (non-hydrogen) atoms. The van der Waals surface area contributed by atoms with E-state index in [0.29, 0.717) is 0 Å². The van der Waals surface area contributed by atoms with Crippen LogP contribution in [0, 0.1) is 0 Å². The molecule has 2 heteroatoms. The first kappa shape index (κ1) is 9.63. The molecule has 0 atom stereocenters. The van der Waals surface area contributed by atoms with Crippen LogP contribution in [-0.2, 0) is 4.79 Å². The van der Waals surface area contributed by atoms with Gasteiger partial charge in [-0.2, -0.15) is 0 Å². The van der Waals surface area contributed by atoms with Gasteiger partial charge in [-0.15, -0.1) is 0 Å². The lowest BCUT2D eigenvalue weighted by Crippen LogP contribution is -2.35. The Morgan fingerprint density at radius 3 is 2.20 bits per heavy atom. The fourth-order valence-corrected chi connectivity index (χ4v) is 0.814. The van der Waals surface area contributed by atoms with Crippen molar-refractivity contribution in [2.45, 2.75) is 19.3 Å². The van der Waals surface area contributed by atoms with Crippen LogP contribution in [0.1, 0.15) is 19.3 Å². The molecule has 0 bridgehead atoms. The van der Waals surface area contributed by atoms with E-state index in [0.717, 1.165) is 36.6 Å². The van der Waals surface area contributed by atoms with Crippen molar-refractivity contribution in [2.24, 2.45) is 0 Å². The molecule has 0 spiro atoms. The van der Waals surface area contributed by atoms with Crippen LogP contribution in [0.4, 0.5) is 0 Å². The zero-order valence-corrected chi connectivity index (χ0v) is 7.26. The van der Waals surface area contributed by atoms with Crippen molar-refractivity contribution in [2.75, 3.05) is 27.7 Å². The summed E-state index contributed by atoms with van der Waals surface area (Å²) in [5.41, 5.74) is 0. The first-order valence-corrected chi connectivity index (χ1v) is 3.80. The molecular weight excluding hydrogens is 126 g/mol. The minimum atomic E-state index is 0.722. The highest BCUT2D eigenvalue weighted by Gasteiger charge is 2.04. The molecule has 0 aromatic rings. The number of carbonyl (C=O) groups is 1. The fourth-order valence-electron chi connectivity index (χ4n) is 0.814. The SMILES string of the molecule is C[N+](C)(C)CCCCC=O. The summed E-state index contributed by atoms with van der Waals surface area (Å²) in [4.78, 5) is 9.92. The number of aldehydes is 1. The van der Waals surface area contributed by atoms with E-state index in [1.165, 1.54) is 0 Å². The molecule has 0 aliphatic carbocycles. The van der Waals surface area contributed by atoms with Gasteiger partial charge in [-0.05, 0) is 12.8 Å². The molecule has 60 valence electrons. The van der Waals surface area contributed by atoms with E-state index in [-0.39, 0.29) is 0 Å². The summed E-state index contributed by atoms with van der Waals surface area (Å²) < 4.78 is 0.999. The number of hydrogen-bond donors (Lipinski definition) is 0. The highest BCUT2D eigenvalue weighted by Crippen LogP contribution is 1.98. The van der Waals surface area contributed by atoms with Gasteiger partial charge in [0.25, 0.3) is 0 Å². The molecule has 2 nitrogen and oxygen atoms in total. The Labute approximate surface area is 63.4 Å². The monoisotopic (exact) mass is 144 g/mol. The van der Waals surface area contributed by atoms with Crippen molar-refractivity contribution in [3.8, 4) is 0 Å². The van der Waals surface area contributed by atoms with Crippen LogP contribution in [0.15, 0.2) is 0 Å². The molecule has 0 aromatic heterocycles. The molecule has 0 aliphatic rings. The second-order valence-electron chi connectivity index (χ2n) is 3.68. The molecule has 0 N–H and O–H groups in total. The maximum atomic E-state index is 9.92. The molecule has 0 aromatic carbocycles. The van der Waals surface area contributed by atoms with Crippen molar-refractivity contribution in [1.29, 1.82) is 0 Å². The molecule has 0 unspecified atom stereocenters. The third-order valence-corrected chi connectivity index (χ3v) is 1.40. The van der Waals surface area contributed by atoms with Gasteiger partial charge in [0, 0.05) is 6.42 Å². The lowest BCUT2D eigenvalue weighted by atomic mass is 10.2. The normalized spacial score (nSPS) is 11.5. The van der Waals surface area contributed by atoms with Gasteiger partial charge in [-0.25, -0.2) is 0 Å². The molecule has 0 saturated heterocycles. The number of rotatable bonds is 5. The van der Waals surface area contributed by atoms with Crippen LogP contribution >= 0.6 is 0 Å². The number of nitrogens with zero attached hydrogens (tertiary/aromatic N) is 1. The average Bonchev–Trinajstić information content (AvgIpc) is 1.78. The molecule has 0 heterocycles. The third kappa shape index (κ3) is 7.63. The van der Waals surface area contributed by atoms with E-state index in [1.54, 1.807) is 0 Å². The Morgan fingerprint density at radius 1 is 1.20 bits per heavy atom. The van der Waals surface area contributed by atoms with Crippen LogP contribution in [0.2, 0.25) is 0 Å². The zero-order valence-electron chi connectivity index (χ0n) is 7.26. The van der Waals surface area contributed by atoms with Crippen molar-refractivity contribution >= 4 is 6.29 Å². The second kappa shape index (κ2) is 4.45. The van der Waals surface area contributed by atoms with Gasteiger partial charge < -0.3 is 9.28 Å². The van der Waals surface area contributed by atoms with Gasteiger partial charge in [-0.3, -0.25) is 0 Å². The Hall–Kier alpha value is -0.370. The maximum Gasteiger partial charge on any atom is 0.119 e. The van der Waals surface area contributed by atoms with Gasteiger partial charge in [0.15, 0.2) is 0 Å². The largest absolute Gasteiger partial charge is 0.331 e. The summed E-state index contributed by atoms with van der Waals surface area (Å²) in [6, 6.07) is 0. The average molecular weight is 144 g/mol. The molecular formula is C8H18NO+. The van der Waals surface area contributed by atoms with Crippen LogP contribution in [0.25, 0.3) is 0 Å². The predicted molar refractivity (Wildman–Crippen MR) is 42.8 cm³/mol. The van der Waals surface area contributed by atoms with Gasteiger partial charge in [-0.1, -0.05) is 0 Å². The molecule has 0 aliphatic heterocycles. The van der Waals surface area contributed by atoms with E-state index in [9.17, 15) is 4.79 Å². The Morgan fingerprint density at radius 2 is 1.80 bits per heavy atom. The summed E-state index contributed by atoms with van der Waals surface area (Å²) in [6.07, 6.45) is 3.91. The quantitative estimate of drug-likeness (QED) is 0.320. The predicted octanol–water partition coefficient (Wildman–Crippen LogP) is 1.06. The fraction of sp³-hybridized carbons (Fsp3) is 0.875. The minimum Gasteiger partial charge on any atom is -0.331 e. The van der Waals surface area contributed by atoms with Crippen molar-refractivity contribution in [1.82, 2.24) is 0 Å². The Kier molecular flexibility index (Phi) is 4.28. The minimum absolute atomic E-state index is 0.722. The van der Waals surface area contributed by atoms with Gasteiger partial charge >= 0.3 is 0 Å². The smallest absolute Gasteiger partial charge is 0.119 e. The van der Waals surface area contributed by atoms with Gasteiger partial charge in [0.1, 0.15) is 6.29 Å². The van der Waals surface area contributed by atoms with Gasteiger partial charge in [0.2, 0.25) is 0 Å². The number of hydrogen-bond acceptors (Lipinski definition) is 1. The standard InChI is InChI=1S/C8H18NO/c1-9(2,3)7-5-4-6-8-10/h8H,4-7H2,1-3H3/q+1. The topological polar surface area (TPSA) is 17.1 Å². The Bertz CT molecular complexity index is 93.9. The second-order valence-corrected chi connectivity index (χ2v) is 3.68. The van der Waals surface area contributed by atoms with Crippen LogP contribution in [-0.4, -0.2) is 38.5 Å². The van der Waals surface area contributed by atoms with Crippen LogP contribution < -0.4 is 0 Å². The van der Waals surface area contributed by atoms with Crippen LogP contribution in [0.5, 0.6) is 0 Å². The maximum absolute atomic E-state index is 9.92. The van der Waals surface area contributed by atoms with E-state index in [1.807, 2.05) is 0 Å². The third-order valence-electron chi connectivity index (χ3n) is 1.40. The van der Waals surface area contributed by atoms with Crippen molar-refractivity contribution in [3.05, 3.63) is 0 Å². The highest BCUT2D eigenvalue weighted by molar-refractivity contribution is 5.48. The van der Waals surface area contributed by atoms with E-state index < -0.39 is 0 Å². The lowest BCUT2D eigenvalue weighted by Gasteiger charge is -2.23. The van der Waals surface area contributed by atoms with Crippen molar-refractivity contribution in [3.63, 3.8) is 0 Å². The van der Waals surface area contributed by atoms with E-state index in [4.69, 9.17) is 0 Å². The first-order valence-electron chi connectivity index (χ1n) is 3.80. The first-order chi connectivity index (χ1) is 4.56. The molecule has 0 rings (SSSR count). The molecule has 0 radical (unpaired) electrons. The lowest BCUT2D eigenvalue weighted by molar-refractivity contribution is -0.870. The summed E-state index contributed by atoms with van der Waals surface area (Å²) in [5, 5.41) is 0. The molecule has 0 amide bonds. The molecule has 0 fully saturated rings. The van der Waals surface area contributed by atoms with Crippen LogP contribution in [0.3, 0.4) is 0 Å². The van der Waals surface area contributed by atoms with E-state index >= 15 is 0 Å². The summed E-state index contributed by atoms with van der Waals surface area (Å²) >= 11 is 0.